The molecule has 0 bridgehead atoms. The number of rotatable bonds is 5. The average molecular weight is 384 g/mol. The van der Waals surface area contributed by atoms with Gasteiger partial charge in [-0.3, -0.25) is 9.48 Å². The molecule has 3 heterocycles. The molecule has 1 fully saturated rings. The summed E-state index contributed by atoms with van der Waals surface area (Å²) in [5.41, 5.74) is 2.31. The number of halogens is 1. The van der Waals surface area contributed by atoms with Crippen molar-refractivity contribution in [3.63, 3.8) is 0 Å². The van der Waals surface area contributed by atoms with E-state index in [2.05, 4.69) is 10.1 Å². The molecular formula is C20H21FN4O3. The van der Waals surface area contributed by atoms with E-state index in [0.717, 1.165) is 17.8 Å². The quantitative estimate of drug-likeness (QED) is 0.675. The first-order chi connectivity index (χ1) is 13.5. The Labute approximate surface area is 161 Å². The molecule has 0 radical (unpaired) electrons. The smallest absolute Gasteiger partial charge is 0.275 e. The molecule has 0 saturated carbocycles. The summed E-state index contributed by atoms with van der Waals surface area (Å²) >= 11 is 0. The number of likely N-dealkylation sites (tertiary alicyclic amines) is 1. The van der Waals surface area contributed by atoms with Crippen molar-refractivity contribution >= 4 is 5.91 Å². The molecule has 146 valence electrons. The molecule has 1 atom stereocenters. The molecule has 1 aromatic carbocycles. The monoisotopic (exact) mass is 384 g/mol. The number of aromatic nitrogens is 3. The number of nitrogens with zero attached hydrogens (tertiary/aromatic N) is 4. The summed E-state index contributed by atoms with van der Waals surface area (Å²) in [5, 5.41) is 4.52. The van der Waals surface area contributed by atoms with Gasteiger partial charge in [0.1, 0.15) is 17.8 Å². The van der Waals surface area contributed by atoms with Gasteiger partial charge in [0.25, 0.3) is 5.91 Å². The van der Waals surface area contributed by atoms with Gasteiger partial charge in [-0.15, -0.1) is 0 Å². The van der Waals surface area contributed by atoms with Crippen molar-refractivity contribution in [3.8, 4) is 5.75 Å². The van der Waals surface area contributed by atoms with E-state index in [1.165, 1.54) is 18.4 Å². The molecule has 7 nitrogen and oxygen atoms in total. The van der Waals surface area contributed by atoms with Crippen LogP contribution in [0.4, 0.5) is 4.39 Å². The summed E-state index contributed by atoms with van der Waals surface area (Å²) < 4.78 is 26.0. The zero-order valence-corrected chi connectivity index (χ0v) is 15.8. The summed E-state index contributed by atoms with van der Waals surface area (Å²) in [7, 11) is 0. The fraction of sp³-hybridized carbons (Fsp3) is 0.350. The molecule has 0 unspecified atom stereocenters. The van der Waals surface area contributed by atoms with E-state index in [1.54, 1.807) is 17.0 Å². The summed E-state index contributed by atoms with van der Waals surface area (Å²) in [6.45, 7) is 5.23. The van der Waals surface area contributed by atoms with E-state index in [1.807, 2.05) is 24.6 Å². The Morgan fingerprint density at radius 2 is 2.21 bits per heavy atom. The number of ether oxygens (including phenoxy) is 1. The van der Waals surface area contributed by atoms with Crippen LogP contribution in [-0.4, -0.2) is 38.7 Å². The van der Waals surface area contributed by atoms with E-state index in [9.17, 15) is 9.18 Å². The van der Waals surface area contributed by atoms with Crippen LogP contribution in [0, 0.1) is 19.7 Å². The number of hydrogen-bond donors (Lipinski definition) is 0. The van der Waals surface area contributed by atoms with E-state index in [0.29, 0.717) is 18.8 Å². The summed E-state index contributed by atoms with van der Waals surface area (Å²) in [6, 6.07) is 8.01. The van der Waals surface area contributed by atoms with Crippen LogP contribution < -0.4 is 4.74 Å². The van der Waals surface area contributed by atoms with Gasteiger partial charge in [0.15, 0.2) is 12.3 Å². The normalized spacial score (nSPS) is 16.5. The topological polar surface area (TPSA) is 73.4 Å². The Balaban J connectivity index is 1.37. The highest BCUT2D eigenvalue weighted by Crippen LogP contribution is 2.24. The van der Waals surface area contributed by atoms with Crippen LogP contribution in [0.5, 0.6) is 5.75 Å². The van der Waals surface area contributed by atoms with Crippen LogP contribution in [0.1, 0.15) is 40.2 Å². The van der Waals surface area contributed by atoms with Gasteiger partial charge in [-0.25, -0.2) is 9.37 Å². The number of hydrogen-bond acceptors (Lipinski definition) is 5. The van der Waals surface area contributed by atoms with Gasteiger partial charge >= 0.3 is 0 Å². The molecule has 4 rings (SSSR count). The van der Waals surface area contributed by atoms with Crippen molar-refractivity contribution in [2.24, 2.45) is 0 Å². The first kappa shape index (κ1) is 18.2. The first-order valence-electron chi connectivity index (χ1n) is 9.14. The Bertz CT molecular complexity index is 997. The first-order valence-corrected chi connectivity index (χ1v) is 9.14. The molecule has 28 heavy (non-hydrogen) atoms. The second-order valence-electron chi connectivity index (χ2n) is 6.94. The molecule has 1 amide bonds. The van der Waals surface area contributed by atoms with Crippen molar-refractivity contribution in [2.45, 2.75) is 32.9 Å². The number of oxazole rings is 1. The predicted octanol–water partition coefficient (Wildman–Crippen LogP) is 3.29. The zero-order chi connectivity index (χ0) is 19.7. The van der Waals surface area contributed by atoms with Gasteiger partial charge in [-0.05, 0) is 38.5 Å². The van der Waals surface area contributed by atoms with Crippen molar-refractivity contribution in [3.05, 3.63) is 65.4 Å². The molecule has 1 aliphatic rings. The van der Waals surface area contributed by atoms with Crippen LogP contribution in [0.3, 0.4) is 0 Å². The summed E-state index contributed by atoms with van der Waals surface area (Å²) in [5.74, 6) is 0.0806. The number of benzene rings is 1. The average Bonchev–Trinajstić information content (AvgIpc) is 3.39. The maximum Gasteiger partial charge on any atom is 0.275 e. The molecule has 0 N–H and O–H groups in total. The molecule has 0 aliphatic carbocycles. The lowest BCUT2D eigenvalue weighted by Gasteiger charge is -2.16. The summed E-state index contributed by atoms with van der Waals surface area (Å²) in [6.07, 6.45) is 2.18. The fourth-order valence-corrected chi connectivity index (χ4v) is 3.48. The standard InChI is InChI=1S/C20H21FN4O3/c1-13-8-14(2)25(23-13)16-6-7-24(10-16)20(26)18-11-28-19(22-18)12-27-17-5-3-4-15(21)9-17/h3-5,8-9,11,16H,6-7,10,12H2,1-2H3/t16-/m0/s1. The Kier molecular flexibility index (Phi) is 4.85. The lowest BCUT2D eigenvalue weighted by molar-refractivity contribution is 0.0781. The highest BCUT2D eigenvalue weighted by Gasteiger charge is 2.30. The minimum Gasteiger partial charge on any atom is -0.484 e. The molecular weight excluding hydrogens is 363 g/mol. The second kappa shape index (κ2) is 7.46. The molecule has 3 aromatic rings. The van der Waals surface area contributed by atoms with E-state index >= 15 is 0 Å². The highest BCUT2D eigenvalue weighted by atomic mass is 19.1. The Hall–Kier alpha value is -3.16. The lowest BCUT2D eigenvalue weighted by atomic mass is 10.2. The summed E-state index contributed by atoms with van der Waals surface area (Å²) in [4.78, 5) is 18.7. The van der Waals surface area contributed by atoms with Crippen LogP contribution in [0.15, 0.2) is 41.0 Å². The van der Waals surface area contributed by atoms with Crippen molar-refractivity contribution < 1.29 is 18.3 Å². The number of carbonyl (C=O) groups is 1. The molecule has 1 saturated heterocycles. The maximum atomic E-state index is 13.2. The highest BCUT2D eigenvalue weighted by molar-refractivity contribution is 5.92. The molecule has 8 heteroatoms. The minimum absolute atomic E-state index is 0.0190. The van der Waals surface area contributed by atoms with Crippen molar-refractivity contribution in [1.82, 2.24) is 19.7 Å². The Morgan fingerprint density at radius 1 is 1.36 bits per heavy atom. The third-order valence-corrected chi connectivity index (χ3v) is 4.77. The number of carbonyl (C=O) groups excluding carboxylic acids is 1. The largest absolute Gasteiger partial charge is 0.484 e. The third-order valence-electron chi connectivity index (χ3n) is 4.77. The Morgan fingerprint density at radius 3 is 2.96 bits per heavy atom. The van der Waals surface area contributed by atoms with Gasteiger partial charge in [0, 0.05) is 24.8 Å². The zero-order valence-electron chi connectivity index (χ0n) is 15.8. The second-order valence-corrected chi connectivity index (χ2v) is 6.94. The van der Waals surface area contributed by atoms with Crippen molar-refractivity contribution in [1.29, 1.82) is 0 Å². The maximum absolute atomic E-state index is 13.2. The van der Waals surface area contributed by atoms with Gasteiger partial charge in [-0.1, -0.05) is 6.07 Å². The van der Waals surface area contributed by atoms with Gasteiger partial charge in [0.2, 0.25) is 5.89 Å². The molecule has 1 aliphatic heterocycles. The van der Waals surface area contributed by atoms with Crippen LogP contribution in [0.2, 0.25) is 0 Å². The van der Waals surface area contributed by atoms with Crippen LogP contribution in [0.25, 0.3) is 0 Å². The van der Waals surface area contributed by atoms with E-state index in [4.69, 9.17) is 9.15 Å². The molecule has 0 spiro atoms. The van der Waals surface area contributed by atoms with E-state index in [-0.39, 0.29) is 36.0 Å². The SMILES string of the molecule is Cc1cc(C)n([C@H]2CCN(C(=O)c3coc(COc4cccc(F)c4)n3)C2)n1. The number of amides is 1. The number of aryl methyl sites for hydroxylation is 2. The van der Waals surface area contributed by atoms with Crippen LogP contribution >= 0.6 is 0 Å². The molecule has 2 aromatic heterocycles. The third kappa shape index (κ3) is 3.76. The predicted molar refractivity (Wildman–Crippen MR) is 98.5 cm³/mol. The van der Waals surface area contributed by atoms with Gasteiger partial charge < -0.3 is 14.1 Å². The lowest BCUT2D eigenvalue weighted by Crippen LogP contribution is -2.29. The minimum atomic E-state index is -0.382. The van der Waals surface area contributed by atoms with Gasteiger partial charge in [0.05, 0.1) is 11.7 Å². The fourth-order valence-electron chi connectivity index (χ4n) is 3.48. The van der Waals surface area contributed by atoms with Gasteiger partial charge in [-0.2, -0.15) is 5.10 Å². The van der Waals surface area contributed by atoms with Crippen molar-refractivity contribution in [2.75, 3.05) is 13.1 Å². The van der Waals surface area contributed by atoms with E-state index < -0.39 is 0 Å². The van der Waals surface area contributed by atoms with Crippen LogP contribution in [-0.2, 0) is 6.61 Å².